The van der Waals surface area contributed by atoms with E-state index in [0.29, 0.717) is 17.0 Å². The van der Waals surface area contributed by atoms with Crippen LogP contribution >= 0.6 is 0 Å². The average Bonchev–Trinajstić information content (AvgIpc) is 3.68. The Hall–Kier alpha value is -4.08. The van der Waals surface area contributed by atoms with Gasteiger partial charge in [0.05, 0.1) is 35.0 Å². The molecule has 32 heavy (non-hydrogen) atoms. The summed E-state index contributed by atoms with van der Waals surface area (Å²) in [4.78, 5) is 34.9. The summed E-state index contributed by atoms with van der Waals surface area (Å²) in [5.41, 5.74) is 1.71. The summed E-state index contributed by atoms with van der Waals surface area (Å²) in [7, 11) is 0. The number of nitrogens with one attached hydrogen (secondary N) is 3. The predicted molar refractivity (Wildman–Crippen MR) is 120 cm³/mol. The third kappa shape index (κ3) is 3.59. The summed E-state index contributed by atoms with van der Waals surface area (Å²) < 4.78 is 46.5. The van der Waals surface area contributed by atoms with Gasteiger partial charge in [0.15, 0.2) is 11.5 Å². The van der Waals surface area contributed by atoms with E-state index in [-0.39, 0.29) is 46.9 Å². The number of benzene rings is 1. The van der Waals surface area contributed by atoms with E-state index in [4.69, 9.17) is 8.22 Å². The number of hydrogen-bond donors (Lipinski definition) is 3. The Balaban J connectivity index is 1.60. The predicted octanol–water partition coefficient (Wildman–Crippen LogP) is 2.34. The van der Waals surface area contributed by atoms with Crippen LogP contribution in [-0.4, -0.2) is 45.9 Å². The minimum Gasteiger partial charge on any atom is -0.366 e. The van der Waals surface area contributed by atoms with Gasteiger partial charge in [-0.25, -0.2) is 0 Å². The second kappa shape index (κ2) is 7.88. The number of aromatic nitrogens is 4. The molecule has 1 aliphatic heterocycles. The first-order chi connectivity index (χ1) is 17.9. The number of nitrogens with zero attached hydrogens (tertiary/aromatic N) is 5. The van der Waals surface area contributed by atoms with Crippen LogP contribution in [0.1, 0.15) is 37.2 Å². The molecule has 10 heteroatoms. The number of anilines is 4. The van der Waals surface area contributed by atoms with Crippen molar-refractivity contribution in [2.24, 2.45) is 5.92 Å². The van der Waals surface area contributed by atoms with Crippen LogP contribution in [0.2, 0.25) is 0 Å². The number of rotatable bonds is 5. The highest BCUT2D eigenvalue weighted by atomic mass is 16.2. The van der Waals surface area contributed by atoms with Crippen LogP contribution < -0.4 is 20.9 Å². The SMILES string of the molecule is [2H]C([2H])([2H])NC(=O)c1nnc(NC(=O)C2CC2)cc1Nc1cccc2c1N(C([2H])([2H])[2H])Cc1nccnc1-2. The molecule has 3 aromatic rings. The monoisotopic (exact) mass is 436 g/mol. The number of para-hydroxylation sites is 1. The zero-order valence-corrected chi connectivity index (χ0v) is 16.7. The summed E-state index contributed by atoms with van der Waals surface area (Å²) in [6, 6.07) is 6.33. The van der Waals surface area contributed by atoms with E-state index in [1.807, 2.05) is 5.32 Å². The van der Waals surface area contributed by atoms with Crippen molar-refractivity contribution in [3.63, 3.8) is 0 Å². The summed E-state index contributed by atoms with van der Waals surface area (Å²) in [5.74, 6) is -1.36. The van der Waals surface area contributed by atoms with Crippen molar-refractivity contribution in [2.45, 2.75) is 19.4 Å². The lowest BCUT2D eigenvalue weighted by molar-refractivity contribution is -0.117. The summed E-state index contributed by atoms with van der Waals surface area (Å²) >= 11 is 0. The average molecular weight is 437 g/mol. The van der Waals surface area contributed by atoms with Crippen molar-refractivity contribution in [3.8, 4) is 11.3 Å². The van der Waals surface area contributed by atoms with Gasteiger partial charge in [-0.1, -0.05) is 12.1 Å². The molecule has 1 fully saturated rings. The highest BCUT2D eigenvalue weighted by molar-refractivity contribution is 6.01. The van der Waals surface area contributed by atoms with Crippen LogP contribution in [0.3, 0.4) is 0 Å². The summed E-state index contributed by atoms with van der Waals surface area (Å²) in [5, 5.41) is 15.3. The van der Waals surface area contributed by atoms with Crippen LogP contribution in [-0.2, 0) is 11.3 Å². The first kappa shape index (κ1) is 14.1. The van der Waals surface area contributed by atoms with Gasteiger partial charge in [-0.3, -0.25) is 19.6 Å². The molecule has 10 nitrogen and oxygen atoms in total. The second-order valence-corrected chi connectivity index (χ2v) is 7.47. The van der Waals surface area contributed by atoms with E-state index < -0.39 is 19.9 Å². The Kier molecular flexibility index (Phi) is 3.46. The van der Waals surface area contributed by atoms with Crippen molar-refractivity contribution in [3.05, 3.63) is 48.0 Å². The number of hydrogen-bond acceptors (Lipinski definition) is 8. The van der Waals surface area contributed by atoms with Crippen molar-refractivity contribution in [1.82, 2.24) is 25.5 Å². The maximum Gasteiger partial charge on any atom is 0.273 e. The molecule has 162 valence electrons. The Bertz CT molecular complexity index is 1420. The lowest BCUT2D eigenvalue weighted by Gasteiger charge is -2.30. The molecule has 2 aliphatic rings. The molecule has 5 rings (SSSR count). The Morgan fingerprint density at radius 2 is 2.03 bits per heavy atom. The molecule has 0 radical (unpaired) electrons. The van der Waals surface area contributed by atoms with E-state index in [9.17, 15) is 9.59 Å². The molecule has 1 aliphatic carbocycles. The molecule has 3 heterocycles. The van der Waals surface area contributed by atoms with Gasteiger partial charge in [-0.15, -0.1) is 10.2 Å². The fourth-order valence-corrected chi connectivity index (χ4v) is 3.56. The van der Waals surface area contributed by atoms with Crippen molar-refractivity contribution in [1.29, 1.82) is 0 Å². The van der Waals surface area contributed by atoms with Crippen molar-refractivity contribution < 1.29 is 17.8 Å². The van der Waals surface area contributed by atoms with E-state index in [2.05, 4.69) is 30.8 Å². The van der Waals surface area contributed by atoms with Gasteiger partial charge in [0.2, 0.25) is 5.91 Å². The van der Waals surface area contributed by atoms with Crippen molar-refractivity contribution >= 4 is 34.7 Å². The van der Waals surface area contributed by atoms with Crippen LogP contribution in [0.4, 0.5) is 22.9 Å². The van der Waals surface area contributed by atoms with E-state index in [0.717, 1.165) is 12.8 Å². The lowest BCUT2D eigenvalue weighted by Crippen LogP contribution is -2.25. The highest BCUT2D eigenvalue weighted by Gasteiger charge is 2.30. The van der Waals surface area contributed by atoms with Crippen LogP contribution in [0.15, 0.2) is 36.7 Å². The van der Waals surface area contributed by atoms with Crippen LogP contribution in [0.5, 0.6) is 0 Å². The molecule has 2 aromatic heterocycles. The minimum atomic E-state index is -2.79. The highest BCUT2D eigenvalue weighted by Crippen LogP contribution is 2.42. The largest absolute Gasteiger partial charge is 0.366 e. The maximum absolute atomic E-state index is 12.8. The Morgan fingerprint density at radius 1 is 1.16 bits per heavy atom. The van der Waals surface area contributed by atoms with E-state index in [1.165, 1.54) is 23.4 Å². The number of carbonyl (C=O) groups excluding carboxylic acids is 2. The van der Waals surface area contributed by atoms with Gasteiger partial charge < -0.3 is 20.9 Å². The topological polar surface area (TPSA) is 125 Å². The quantitative estimate of drug-likeness (QED) is 0.557. The number of fused-ring (bicyclic) bond motifs is 3. The zero-order chi connectivity index (χ0) is 27.2. The zero-order valence-electron chi connectivity index (χ0n) is 22.7. The maximum atomic E-state index is 12.8. The third-order valence-corrected chi connectivity index (χ3v) is 5.23. The number of carbonyl (C=O) groups is 2. The fraction of sp³-hybridized carbons (Fsp3) is 0.273. The Morgan fingerprint density at radius 3 is 2.84 bits per heavy atom. The molecule has 0 atom stereocenters. The minimum absolute atomic E-state index is 0.0108. The summed E-state index contributed by atoms with van der Waals surface area (Å²) in [6.45, 7) is -5.39. The molecule has 0 spiro atoms. The molecule has 0 bridgehead atoms. The molecular formula is C22H22N8O2. The molecule has 0 saturated heterocycles. The first-order valence-corrected chi connectivity index (χ1v) is 9.90. The standard InChI is InChI=1S/C22H22N8O2/c1-23-22(32)19-15(10-17(28-29-19)27-21(31)12-6-7-12)26-14-5-3-4-13-18-16(24-8-9-25-18)11-30(2)20(13)14/h3-5,8-10,12H,6-7,11H2,1-2H3,(H,23,32)(H2,26,27,28,31)/i1D3,2D3. The summed E-state index contributed by atoms with van der Waals surface area (Å²) in [6.07, 6.45) is 4.51. The van der Waals surface area contributed by atoms with Crippen LogP contribution in [0.25, 0.3) is 11.3 Å². The smallest absolute Gasteiger partial charge is 0.273 e. The van der Waals surface area contributed by atoms with E-state index >= 15 is 0 Å². The normalized spacial score (nSPS) is 17.8. The molecule has 1 saturated carbocycles. The van der Waals surface area contributed by atoms with Gasteiger partial charge in [-0.05, 0) is 18.9 Å². The fourth-order valence-electron chi connectivity index (χ4n) is 3.56. The van der Waals surface area contributed by atoms with Gasteiger partial charge in [0.25, 0.3) is 5.91 Å². The van der Waals surface area contributed by atoms with Gasteiger partial charge >= 0.3 is 0 Å². The molecule has 2 amide bonds. The first-order valence-electron chi connectivity index (χ1n) is 12.9. The van der Waals surface area contributed by atoms with Gasteiger partial charge in [0, 0.05) is 52.1 Å². The molecule has 0 unspecified atom stereocenters. The molecule has 1 aromatic carbocycles. The number of amides is 2. The van der Waals surface area contributed by atoms with Crippen molar-refractivity contribution in [2.75, 3.05) is 29.5 Å². The third-order valence-electron chi connectivity index (χ3n) is 5.23. The molecule has 3 N–H and O–H groups in total. The second-order valence-electron chi connectivity index (χ2n) is 7.47. The van der Waals surface area contributed by atoms with Crippen LogP contribution in [0, 0.1) is 5.92 Å². The Labute approximate surface area is 192 Å². The van der Waals surface area contributed by atoms with E-state index in [1.54, 1.807) is 18.2 Å². The lowest BCUT2D eigenvalue weighted by atomic mass is 10.0. The van der Waals surface area contributed by atoms with Gasteiger partial charge in [-0.2, -0.15) is 0 Å². The molecular weight excluding hydrogens is 408 g/mol. The van der Waals surface area contributed by atoms with Gasteiger partial charge in [0.1, 0.15) is 0 Å².